The predicted octanol–water partition coefficient (Wildman–Crippen LogP) is 3.45. The van der Waals surface area contributed by atoms with E-state index in [4.69, 9.17) is 0 Å². The van der Waals surface area contributed by atoms with Gasteiger partial charge in [-0.05, 0) is 24.1 Å². The minimum atomic E-state index is -4.47. The van der Waals surface area contributed by atoms with Gasteiger partial charge < -0.3 is 9.88 Å². The number of hydrogen-bond donors (Lipinski definition) is 1. The fourth-order valence-electron chi connectivity index (χ4n) is 2.37. The maximum atomic E-state index is 12.9. The zero-order valence-electron chi connectivity index (χ0n) is 10.3. The number of alkyl halides is 3. The van der Waals surface area contributed by atoms with E-state index in [-0.39, 0.29) is 17.8 Å². The zero-order valence-corrected chi connectivity index (χ0v) is 10.3. The highest BCUT2D eigenvalue weighted by molar-refractivity contribution is 5.36. The van der Waals surface area contributed by atoms with Gasteiger partial charge in [0.25, 0.3) is 0 Å². The van der Waals surface area contributed by atoms with Crippen LogP contribution in [0.25, 0.3) is 0 Å². The molecule has 0 amide bonds. The van der Waals surface area contributed by atoms with Crippen molar-refractivity contribution in [2.75, 3.05) is 11.9 Å². The van der Waals surface area contributed by atoms with E-state index in [2.05, 4.69) is 10.3 Å². The van der Waals surface area contributed by atoms with E-state index in [1.54, 1.807) is 12.1 Å². The fraction of sp³-hybridized carbons (Fsp3) is 0.308. The third kappa shape index (κ3) is 2.23. The van der Waals surface area contributed by atoms with Crippen molar-refractivity contribution in [2.45, 2.75) is 18.6 Å². The van der Waals surface area contributed by atoms with Gasteiger partial charge in [0.05, 0.1) is 6.04 Å². The van der Waals surface area contributed by atoms with Crippen molar-refractivity contribution in [3.63, 3.8) is 0 Å². The van der Waals surface area contributed by atoms with Gasteiger partial charge in [0.15, 0.2) is 5.69 Å². The smallest absolute Gasteiger partial charge is 0.356 e. The van der Waals surface area contributed by atoms with Crippen molar-refractivity contribution >= 4 is 5.95 Å². The third-order valence-electron chi connectivity index (χ3n) is 3.31. The summed E-state index contributed by atoms with van der Waals surface area (Å²) in [7, 11) is 0. The van der Waals surface area contributed by atoms with Crippen molar-refractivity contribution in [1.82, 2.24) is 9.55 Å². The van der Waals surface area contributed by atoms with Crippen LogP contribution in [0.5, 0.6) is 0 Å². The largest absolute Gasteiger partial charge is 0.434 e. The Morgan fingerprint density at radius 2 is 1.90 bits per heavy atom. The summed E-state index contributed by atoms with van der Waals surface area (Å²) in [6.45, 7) is 0.524. The second-order valence-electron chi connectivity index (χ2n) is 4.64. The number of aromatic nitrogens is 2. The van der Waals surface area contributed by atoms with Crippen LogP contribution in [0.3, 0.4) is 0 Å². The number of halogens is 4. The normalized spacial score (nSPS) is 18.5. The standard InChI is InChI=1S/C13H11F4N3/c14-9-3-1-8(2-4-9)10-5-6-18-12-19-11(7-20(10)12)13(15,16)17/h1-4,7,10H,5-6H2,(H,18,19). The highest BCUT2D eigenvalue weighted by Gasteiger charge is 2.36. The van der Waals surface area contributed by atoms with Gasteiger partial charge in [-0.15, -0.1) is 0 Å². The van der Waals surface area contributed by atoms with E-state index in [9.17, 15) is 17.6 Å². The van der Waals surface area contributed by atoms with Crippen LogP contribution in [0, 0.1) is 5.82 Å². The first kappa shape index (κ1) is 13.0. The van der Waals surface area contributed by atoms with E-state index in [0.29, 0.717) is 13.0 Å². The molecule has 3 nitrogen and oxygen atoms in total. The van der Waals surface area contributed by atoms with Crippen LogP contribution in [0.2, 0.25) is 0 Å². The number of fused-ring (bicyclic) bond motifs is 1. The van der Waals surface area contributed by atoms with Gasteiger partial charge in [-0.3, -0.25) is 0 Å². The van der Waals surface area contributed by atoms with Crippen molar-refractivity contribution in [1.29, 1.82) is 0 Å². The predicted molar refractivity (Wildman–Crippen MR) is 64.9 cm³/mol. The van der Waals surface area contributed by atoms with Gasteiger partial charge in [0, 0.05) is 12.7 Å². The van der Waals surface area contributed by atoms with E-state index in [1.165, 1.54) is 16.7 Å². The van der Waals surface area contributed by atoms with Crippen molar-refractivity contribution in [3.05, 3.63) is 47.5 Å². The lowest BCUT2D eigenvalue weighted by molar-refractivity contribution is -0.140. The molecule has 3 rings (SSSR count). The molecule has 1 aliphatic heterocycles. The molecule has 0 bridgehead atoms. The van der Waals surface area contributed by atoms with E-state index in [1.807, 2.05) is 0 Å². The summed E-state index contributed by atoms with van der Waals surface area (Å²) < 4.78 is 52.5. The van der Waals surface area contributed by atoms with Crippen LogP contribution < -0.4 is 5.32 Å². The molecular weight excluding hydrogens is 274 g/mol. The highest BCUT2D eigenvalue weighted by Crippen LogP contribution is 2.35. The van der Waals surface area contributed by atoms with Gasteiger partial charge in [0.2, 0.25) is 5.95 Å². The molecular formula is C13H11F4N3. The van der Waals surface area contributed by atoms with Crippen molar-refractivity contribution in [3.8, 4) is 0 Å². The quantitative estimate of drug-likeness (QED) is 0.813. The van der Waals surface area contributed by atoms with Crippen molar-refractivity contribution in [2.24, 2.45) is 0 Å². The lowest BCUT2D eigenvalue weighted by Crippen LogP contribution is -2.23. The van der Waals surface area contributed by atoms with Gasteiger partial charge in [-0.2, -0.15) is 13.2 Å². The molecule has 1 aliphatic rings. The fourth-order valence-corrected chi connectivity index (χ4v) is 2.37. The molecule has 1 unspecified atom stereocenters. The lowest BCUT2D eigenvalue weighted by atomic mass is 10.0. The minimum absolute atomic E-state index is 0.193. The number of hydrogen-bond acceptors (Lipinski definition) is 2. The molecule has 1 N–H and O–H groups in total. The molecule has 20 heavy (non-hydrogen) atoms. The van der Waals surface area contributed by atoms with Gasteiger partial charge >= 0.3 is 6.18 Å². The topological polar surface area (TPSA) is 29.9 Å². The molecule has 0 fully saturated rings. The number of anilines is 1. The van der Waals surface area contributed by atoms with E-state index >= 15 is 0 Å². The maximum Gasteiger partial charge on any atom is 0.434 e. The monoisotopic (exact) mass is 285 g/mol. The summed E-state index contributed by atoms with van der Waals surface area (Å²) in [5.74, 6) is -0.178. The molecule has 2 heterocycles. The number of nitrogens with zero attached hydrogens (tertiary/aromatic N) is 2. The van der Waals surface area contributed by atoms with Crippen LogP contribution in [0.1, 0.15) is 23.7 Å². The van der Waals surface area contributed by atoms with Crippen LogP contribution in [-0.4, -0.2) is 16.1 Å². The van der Waals surface area contributed by atoms with Gasteiger partial charge in [-0.25, -0.2) is 9.37 Å². The first-order chi connectivity index (χ1) is 9.45. The molecule has 7 heteroatoms. The molecule has 0 aliphatic carbocycles. The third-order valence-corrected chi connectivity index (χ3v) is 3.31. The SMILES string of the molecule is Fc1ccc(C2CCNc3nc(C(F)(F)F)cn32)cc1. The van der Waals surface area contributed by atoms with Crippen LogP contribution in [0.4, 0.5) is 23.5 Å². The summed E-state index contributed by atoms with van der Waals surface area (Å²) in [6, 6.07) is 5.51. The number of rotatable bonds is 1. The molecule has 0 saturated carbocycles. The Hall–Kier alpha value is -2.05. The molecule has 1 aromatic heterocycles. The number of imidazole rings is 1. The Labute approximate surface area is 112 Å². The van der Waals surface area contributed by atoms with Crippen LogP contribution in [-0.2, 0) is 6.18 Å². The Kier molecular flexibility index (Phi) is 2.92. The Morgan fingerprint density at radius 3 is 2.55 bits per heavy atom. The number of benzene rings is 1. The summed E-state index contributed by atoms with van der Waals surface area (Å²) in [6.07, 6.45) is -2.86. The first-order valence-electron chi connectivity index (χ1n) is 6.10. The average molecular weight is 285 g/mol. The highest BCUT2D eigenvalue weighted by atomic mass is 19.4. The number of nitrogens with one attached hydrogen (secondary N) is 1. The second-order valence-corrected chi connectivity index (χ2v) is 4.64. The van der Waals surface area contributed by atoms with E-state index in [0.717, 1.165) is 11.8 Å². The first-order valence-corrected chi connectivity index (χ1v) is 6.10. The summed E-state index contributed by atoms with van der Waals surface area (Å²) in [5.41, 5.74) is -0.158. The average Bonchev–Trinajstić information content (AvgIpc) is 2.83. The van der Waals surface area contributed by atoms with Crippen molar-refractivity contribution < 1.29 is 17.6 Å². The second kappa shape index (κ2) is 4.50. The van der Waals surface area contributed by atoms with Gasteiger partial charge in [0.1, 0.15) is 5.82 Å². The summed E-state index contributed by atoms with van der Waals surface area (Å²) >= 11 is 0. The molecule has 106 valence electrons. The minimum Gasteiger partial charge on any atom is -0.356 e. The molecule has 1 aromatic carbocycles. The van der Waals surface area contributed by atoms with Crippen LogP contribution >= 0.6 is 0 Å². The Bertz CT molecular complexity index is 616. The molecule has 1 atom stereocenters. The maximum absolute atomic E-state index is 12.9. The summed E-state index contributed by atoms with van der Waals surface area (Å²) in [4.78, 5) is 3.57. The van der Waals surface area contributed by atoms with Gasteiger partial charge in [-0.1, -0.05) is 12.1 Å². The Morgan fingerprint density at radius 1 is 1.20 bits per heavy atom. The molecule has 0 saturated heterocycles. The molecule has 2 aromatic rings. The summed E-state index contributed by atoms with van der Waals surface area (Å²) in [5, 5.41) is 2.84. The molecule has 0 spiro atoms. The Balaban J connectivity index is 2.01. The van der Waals surface area contributed by atoms with E-state index < -0.39 is 11.9 Å². The zero-order chi connectivity index (χ0) is 14.3. The lowest BCUT2D eigenvalue weighted by Gasteiger charge is -2.26. The molecule has 0 radical (unpaired) electrons. The van der Waals surface area contributed by atoms with Crippen LogP contribution in [0.15, 0.2) is 30.5 Å².